The van der Waals surface area contributed by atoms with Gasteiger partial charge >= 0.3 is 0 Å². The van der Waals surface area contributed by atoms with E-state index in [1.807, 2.05) is 0 Å². The molecule has 0 heterocycles. The molecule has 2 aromatic carbocycles. The van der Waals surface area contributed by atoms with Crippen molar-refractivity contribution in [3.05, 3.63) is 71.8 Å². The van der Waals surface area contributed by atoms with Crippen LogP contribution >= 0.6 is 0 Å². The Morgan fingerprint density at radius 1 is 0.741 bits per heavy atom. The van der Waals surface area contributed by atoms with Crippen LogP contribution in [-0.4, -0.2) is 19.2 Å². The van der Waals surface area contributed by atoms with Crippen LogP contribution in [0.3, 0.4) is 0 Å². The van der Waals surface area contributed by atoms with Crippen LogP contribution in [0.1, 0.15) is 49.3 Å². The molecule has 2 aromatic rings. The highest BCUT2D eigenvalue weighted by molar-refractivity contribution is 5.29. The van der Waals surface area contributed by atoms with Crippen molar-refractivity contribution in [2.75, 3.05) is 13.2 Å². The summed E-state index contributed by atoms with van der Waals surface area (Å²) >= 11 is 0. The Balaban J connectivity index is 1.19. The fourth-order valence-electron chi connectivity index (χ4n) is 6.30. The van der Waals surface area contributed by atoms with Crippen molar-refractivity contribution in [2.24, 2.45) is 23.7 Å². The number of hydrogen-bond donors (Lipinski definition) is 1. The Labute approximate surface area is 163 Å². The van der Waals surface area contributed by atoms with E-state index >= 15 is 0 Å². The van der Waals surface area contributed by atoms with Gasteiger partial charge in [0.25, 0.3) is 0 Å². The standard InChI is InChI=1S/C25H31NO/c1-3-7-20(8-4-1)25(21-9-5-2-6-10-21)27-12-11-26-24-22-14-18-13-19(16-22)17-23(24)15-18/h1-10,18-19,22-26H,11-17H2. The smallest absolute Gasteiger partial charge is 0.108 e. The first-order valence-corrected chi connectivity index (χ1v) is 10.8. The summed E-state index contributed by atoms with van der Waals surface area (Å²) < 4.78 is 6.39. The predicted molar refractivity (Wildman–Crippen MR) is 110 cm³/mol. The zero-order chi connectivity index (χ0) is 18.1. The van der Waals surface area contributed by atoms with E-state index in [0.717, 1.165) is 42.9 Å². The molecule has 4 bridgehead atoms. The molecule has 0 spiro atoms. The minimum Gasteiger partial charge on any atom is -0.367 e. The van der Waals surface area contributed by atoms with E-state index in [2.05, 4.69) is 66.0 Å². The average molecular weight is 362 g/mol. The van der Waals surface area contributed by atoms with Gasteiger partial charge in [0.15, 0.2) is 0 Å². The number of ether oxygens (including phenoxy) is 1. The molecule has 0 unspecified atom stereocenters. The molecule has 4 fully saturated rings. The largest absolute Gasteiger partial charge is 0.367 e. The first-order valence-electron chi connectivity index (χ1n) is 10.8. The molecule has 1 N–H and O–H groups in total. The van der Waals surface area contributed by atoms with Crippen LogP contribution in [-0.2, 0) is 4.74 Å². The second-order valence-electron chi connectivity index (χ2n) is 8.98. The van der Waals surface area contributed by atoms with Gasteiger partial charge in [0, 0.05) is 12.6 Å². The third-order valence-corrected chi connectivity index (χ3v) is 7.20. The Morgan fingerprint density at radius 3 is 1.78 bits per heavy atom. The summed E-state index contributed by atoms with van der Waals surface area (Å²) in [6, 6.07) is 22.0. The lowest BCUT2D eigenvalue weighted by atomic mass is 9.54. The van der Waals surface area contributed by atoms with Gasteiger partial charge < -0.3 is 10.1 Å². The van der Waals surface area contributed by atoms with Crippen molar-refractivity contribution in [1.29, 1.82) is 0 Å². The third kappa shape index (κ3) is 3.70. The zero-order valence-corrected chi connectivity index (χ0v) is 16.1. The molecule has 4 saturated carbocycles. The van der Waals surface area contributed by atoms with Crippen LogP contribution < -0.4 is 5.32 Å². The molecule has 6 rings (SSSR count). The molecule has 4 aliphatic carbocycles. The minimum atomic E-state index is 0.0210. The van der Waals surface area contributed by atoms with Crippen LogP contribution in [0, 0.1) is 23.7 Å². The van der Waals surface area contributed by atoms with Crippen molar-refractivity contribution < 1.29 is 4.74 Å². The first-order chi connectivity index (χ1) is 13.4. The van der Waals surface area contributed by atoms with Crippen molar-refractivity contribution >= 4 is 0 Å². The van der Waals surface area contributed by atoms with Crippen LogP contribution in [0.15, 0.2) is 60.7 Å². The van der Waals surface area contributed by atoms with Gasteiger partial charge in [0.1, 0.15) is 6.10 Å². The number of rotatable bonds is 7. The van der Waals surface area contributed by atoms with E-state index in [1.165, 1.54) is 43.2 Å². The van der Waals surface area contributed by atoms with Gasteiger partial charge in [-0.1, -0.05) is 60.7 Å². The molecule has 0 amide bonds. The molecule has 0 radical (unpaired) electrons. The maximum Gasteiger partial charge on any atom is 0.108 e. The SMILES string of the molecule is c1ccc(C(OCCNC2C3CC4CC(C3)CC2C4)c2ccccc2)cc1. The molecular formula is C25H31NO. The van der Waals surface area contributed by atoms with Crippen LogP contribution in [0.4, 0.5) is 0 Å². The molecule has 142 valence electrons. The highest BCUT2D eigenvalue weighted by Gasteiger charge is 2.47. The topological polar surface area (TPSA) is 21.3 Å². The Kier molecular flexibility index (Phi) is 5.02. The first kappa shape index (κ1) is 17.5. The van der Waals surface area contributed by atoms with Crippen LogP contribution in [0.2, 0.25) is 0 Å². The van der Waals surface area contributed by atoms with E-state index in [-0.39, 0.29) is 6.10 Å². The number of benzene rings is 2. The van der Waals surface area contributed by atoms with Gasteiger partial charge in [0.2, 0.25) is 0 Å². The monoisotopic (exact) mass is 361 g/mol. The normalized spacial score (nSPS) is 31.5. The summed E-state index contributed by atoms with van der Waals surface area (Å²) in [5.41, 5.74) is 2.47. The van der Waals surface area contributed by atoms with E-state index in [0.29, 0.717) is 0 Å². The van der Waals surface area contributed by atoms with Crippen molar-refractivity contribution in [2.45, 2.75) is 44.2 Å². The Morgan fingerprint density at radius 2 is 1.26 bits per heavy atom. The molecular weight excluding hydrogens is 330 g/mol. The van der Waals surface area contributed by atoms with Gasteiger partial charge in [0.05, 0.1) is 6.61 Å². The number of hydrogen-bond acceptors (Lipinski definition) is 2. The Hall–Kier alpha value is -1.64. The summed E-state index contributed by atoms with van der Waals surface area (Å²) in [5.74, 6) is 3.95. The summed E-state index contributed by atoms with van der Waals surface area (Å²) in [4.78, 5) is 0. The maximum absolute atomic E-state index is 6.39. The van der Waals surface area contributed by atoms with E-state index in [9.17, 15) is 0 Å². The highest BCUT2D eigenvalue weighted by Crippen LogP contribution is 2.53. The molecule has 27 heavy (non-hydrogen) atoms. The molecule has 0 saturated heterocycles. The van der Waals surface area contributed by atoms with Crippen molar-refractivity contribution in [3.63, 3.8) is 0 Å². The van der Waals surface area contributed by atoms with Gasteiger partial charge in [-0.25, -0.2) is 0 Å². The molecule has 0 aromatic heterocycles. The van der Waals surface area contributed by atoms with Gasteiger partial charge in [-0.05, 0) is 66.9 Å². The summed E-state index contributed by atoms with van der Waals surface area (Å²) in [6.07, 6.45) is 7.45. The fraction of sp³-hybridized carbons (Fsp3) is 0.520. The third-order valence-electron chi connectivity index (χ3n) is 7.20. The second-order valence-corrected chi connectivity index (χ2v) is 8.98. The van der Waals surface area contributed by atoms with Gasteiger partial charge in [-0.3, -0.25) is 0 Å². The number of nitrogens with one attached hydrogen (secondary N) is 1. The molecule has 4 aliphatic rings. The van der Waals surface area contributed by atoms with Crippen molar-refractivity contribution in [1.82, 2.24) is 5.32 Å². The van der Waals surface area contributed by atoms with E-state index in [4.69, 9.17) is 4.74 Å². The zero-order valence-electron chi connectivity index (χ0n) is 16.1. The van der Waals surface area contributed by atoms with E-state index < -0.39 is 0 Å². The Bertz CT molecular complexity index is 661. The summed E-state index contributed by atoms with van der Waals surface area (Å²) in [7, 11) is 0. The lowest BCUT2D eigenvalue weighted by molar-refractivity contribution is -0.0174. The summed E-state index contributed by atoms with van der Waals surface area (Å²) in [5, 5.41) is 3.90. The highest BCUT2D eigenvalue weighted by atomic mass is 16.5. The molecule has 0 aliphatic heterocycles. The van der Waals surface area contributed by atoms with Crippen LogP contribution in [0.5, 0.6) is 0 Å². The maximum atomic E-state index is 6.39. The van der Waals surface area contributed by atoms with E-state index in [1.54, 1.807) is 0 Å². The van der Waals surface area contributed by atoms with Gasteiger partial charge in [-0.15, -0.1) is 0 Å². The van der Waals surface area contributed by atoms with Gasteiger partial charge in [-0.2, -0.15) is 0 Å². The van der Waals surface area contributed by atoms with Crippen molar-refractivity contribution in [3.8, 4) is 0 Å². The summed E-state index contributed by atoms with van der Waals surface area (Å²) in [6.45, 7) is 1.72. The quantitative estimate of drug-likeness (QED) is 0.684. The molecule has 0 atom stereocenters. The average Bonchev–Trinajstić information content (AvgIpc) is 2.70. The minimum absolute atomic E-state index is 0.0210. The predicted octanol–water partition coefficient (Wildman–Crippen LogP) is 5.21. The van der Waals surface area contributed by atoms with Crippen LogP contribution in [0.25, 0.3) is 0 Å². The lowest BCUT2D eigenvalue weighted by Gasteiger charge is -2.54. The lowest BCUT2D eigenvalue weighted by Crippen LogP contribution is -2.55. The molecule has 2 nitrogen and oxygen atoms in total. The second kappa shape index (κ2) is 7.77. The fourth-order valence-corrected chi connectivity index (χ4v) is 6.30. The molecule has 2 heteroatoms.